The molecule has 1 saturated heterocycles. The summed E-state index contributed by atoms with van der Waals surface area (Å²) in [5.74, 6) is -2.87. The van der Waals surface area contributed by atoms with Crippen molar-refractivity contribution in [2.45, 2.75) is 11.3 Å². The van der Waals surface area contributed by atoms with E-state index in [1.54, 1.807) is 54.7 Å². The monoisotopic (exact) mass is 546 g/mol. The summed E-state index contributed by atoms with van der Waals surface area (Å²) >= 11 is 6.49. The second-order valence-corrected chi connectivity index (χ2v) is 10.7. The third kappa shape index (κ3) is 3.18. The number of amides is 3. The highest BCUT2D eigenvalue weighted by Gasteiger charge is 2.68. The SMILES string of the molecule is Nc1ccccc1C(=O)N/N=C/C12c3ccccc3C(c3ccccc31)[C@@H]1C(=O)N(c3ccccc3Cl)C(=O)[C@H]12. The minimum absolute atomic E-state index is 0.292. The summed E-state index contributed by atoms with van der Waals surface area (Å²) in [7, 11) is 0. The van der Waals surface area contributed by atoms with E-state index in [4.69, 9.17) is 17.3 Å². The van der Waals surface area contributed by atoms with E-state index in [-0.39, 0.29) is 17.7 Å². The van der Waals surface area contributed by atoms with Gasteiger partial charge in [-0.05, 0) is 46.5 Å². The Hall–Kier alpha value is -4.75. The van der Waals surface area contributed by atoms with E-state index in [9.17, 15) is 14.4 Å². The van der Waals surface area contributed by atoms with Crippen LogP contribution in [-0.4, -0.2) is 23.9 Å². The first-order valence-corrected chi connectivity index (χ1v) is 13.3. The van der Waals surface area contributed by atoms with E-state index in [1.807, 2.05) is 48.5 Å². The Bertz CT molecular complexity index is 1720. The average Bonchev–Trinajstić information content (AvgIpc) is 3.24. The van der Waals surface area contributed by atoms with Crippen LogP contribution in [0.15, 0.2) is 102 Å². The molecule has 4 aliphatic rings. The van der Waals surface area contributed by atoms with Gasteiger partial charge in [0, 0.05) is 17.8 Å². The lowest BCUT2D eigenvalue weighted by atomic mass is 9.47. The van der Waals surface area contributed by atoms with E-state index >= 15 is 0 Å². The zero-order chi connectivity index (χ0) is 27.6. The van der Waals surface area contributed by atoms with Gasteiger partial charge in [-0.15, -0.1) is 0 Å². The molecule has 0 aromatic heterocycles. The highest BCUT2D eigenvalue weighted by atomic mass is 35.5. The number of anilines is 2. The number of hydrogen-bond donors (Lipinski definition) is 2. The fourth-order valence-electron chi connectivity index (χ4n) is 6.88. The molecule has 3 amide bonds. The second kappa shape index (κ2) is 8.89. The molecule has 40 heavy (non-hydrogen) atoms. The van der Waals surface area contributed by atoms with Crippen LogP contribution in [0, 0.1) is 11.8 Å². The lowest BCUT2D eigenvalue weighted by Crippen LogP contribution is -2.54. The summed E-state index contributed by atoms with van der Waals surface area (Å²) in [6, 6.07) is 29.3. The first-order chi connectivity index (χ1) is 19.4. The number of hydrogen-bond acceptors (Lipinski definition) is 5. The van der Waals surface area contributed by atoms with Crippen LogP contribution >= 0.6 is 11.6 Å². The summed E-state index contributed by atoms with van der Waals surface area (Å²) in [5.41, 5.74) is 12.2. The van der Waals surface area contributed by atoms with Crippen molar-refractivity contribution < 1.29 is 14.4 Å². The molecule has 1 fully saturated rings. The largest absolute Gasteiger partial charge is 0.398 e. The zero-order valence-corrected chi connectivity index (χ0v) is 21.9. The third-order valence-electron chi connectivity index (χ3n) is 8.42. The maximum absolute atomic E-state index is 14.4. The Morgan fingerprint density at radius 3 is 2.12 bits per heavy atom. The van der Waals surface area contributed by atoms with Crippen LogP contribution in [0.5, 0.6) is 0 Å². The highest BCUT2D eigenvalue weighted by molar-refractivity contribution is 6.36. The highest BCUT2D eigenvalue weighted by Crippen LogP contribution is 2.63. The predicted molar refractivity (Wildman–Crippen MR) is 153 cm³/mol. The molecule has 1 heterocycles. The van der Waals surface area contributed by atoms with Crippen molar-refractivity contribution in [2.75, 3.05) is 10.6 Å². The van der Waals surface area contributed by atoms with Crippen molar-refractivity contribution in [3.63, 3.8) is 0 Å². The van der Waals surface area contributed by atoms with Crippen LogP contribution in [0.1, 0.15) is 38.5 Å². The van der Waals surface area contributed by atoms with Crippen molar-refractivity contribution >= 4 is 46.9 Å². The molecule has 4 aromatic carbocycles. The second-order valence-electron chi connectivity index (χ2n) is 10.3. The van der Waals surface area contributed by atoms with Gasteiger partial charge >= 0.3 is 0 Å². The Labute approximate surface area is 235 Å². The smallest absolute Gasteiger partial charge is 0.273 e. The molecule has 8 heteroatoms. The first kappa shape index (κ1) is 24.3. The molecule has 3 N–H and O–H groups in total. The van der Waals surface area contributed by atoms with Gasteiger partial charge < -0.3 is 5.73 Å². The molecule has 0 spiro atoms. The normalized spacial score (nSPS) is 24.1. The van der Waals surface area contributed by atoms with Gasteiger partial charge in [0.15, 0.2) is 0 Å². The average molecular weight is 547 g/mol. The molecule has 4 aromatic rings. The number of nitrogen functional groups attached to an aromatic ring is 1. The predicted octanol–water partition coefficient (Wildman–Crippen LogP) is 4.89. The molecule has 0 saturated carbocycles. The number of nitrogens with one attached hydrogen (secondary N) is 1. The quantitative estimate of drug-likeness (QED) is 0.164. The number of carbonyl (C=O) groups excluding carboxylic acids is 3. The summed E-state index contributed by atoms with van der Waals surface area (Å²) in [4.78, 5) is 42.7. The molecular weight excluding hydrogens is 524 g/mol. The van der Waals surface area contributed by atoms with Crippen LogP contribution in [0.4, 0.5) is 11.4 Å². The van der Waals surface area contributed by atoms with Gasteiger partial charge in [0.2, 0.25) is 11.8 Å². The molecule has 2 bridgehead atoms. The zero-order valence-electron chi connectivity index (χ0n) is 21.1. The van der Waals surface area contributed by atoms with Gasteiger partial charge in [-0.1, -0.05) is 84.4 Å². The lowest BCUT2D eigenvalue weighted by molar-refractivity contribution is -0.122. The van der Waals surface area contributed by atoms with Crippen molar-refractivity contribution in [3.05, 3.63) is 130 Å². The summed E-state index contributed by atoms with van der Waals surface area (Å²) < 4.78 is 0. The maximum atomic E-state index is 14.4. The fraction of sp³-hybridized carbons (Fsp3) is 0.125. The summed E-state index contributed by atoms with van der Waals surface area (Å²) in [6.45, 7) is 0. The molecule has 7 nitrogen and oxygen atoms in total. The standard InChI is InChI=1S/C32H23ClN4O3/c33-23-14-6-8-16-25(23)37-30(39)27-26-18-9-1-4-12-21(18)32(28(27)31(37)40,22-13-5-2-10-19(22)26)17-35-36-29(38)20-11-3-7-15-24(20)34/h1-17,26-28H,34H2,(H,36,38)/b35-17+/t26?,27-,28-,32?/m0/s1. The third-order valence-corrected chi connectivity index (χ3v) is 8.74. The van der Waals surface area contributed by atoms with Gasteiger partial charge in [-0.3, -0.25) is 14.4 Å². The van der Waals surface area contributed by atoms with Crippen LogP contribution in [-0.2, 0) is 15.0 Å². The number of imide groups is 1. The van der Waals surface area contributed by atoms with E-state index in [0.29, 0.717) is 22.0 Å². The molecule has 0 radical (unpaired) electrons. The van der Waals surface area contributed by atoms with Gasteiger partial charge in [-0.25, -0.2) is 10.3 Å². The molecule has 196 valence electrons. The number of nitrogens with zero attached hydrogens (tertiary/aromatic N) is 2. The van der Waals surface area contributed by atoms with Crippen LogP contribution in [0.25, 0.3) is 0 Å². The topological polar surface area (TPSA) is 105 Å². The number of rotatable bonds is 4. The maximum Gasteiger partial charge on any atom is 0.273 e. The van der Waals surface area contributed by atoms with Crippen molar-refractivity contribution in [1.29, 1.82) is 0 Å². The molecule has 1 aliphatic heterocycles. The molecule has 2 atom stereocenters. The molecule has 3 aliphatic carbocycles. The van der Waals surface area contributed by atoms with Gasteiger partial charge in [0.05, 0.1) is 33.5 Å². The number of carbonyl (C=O) groups is 3. The lowest BCUT2D eigenvalue weighted by Gasteiger charge is -2.52. The van der Waals surface area contributed by atoms with E-state index < -0.39 is 23.2 Å². The minimum atomic E-state index is -1.11. The van der Waals surface area contributed by atoms with Gasteiger partial charge in [0.25, 0.3) is 5.91 Å². The van der Waals surface area contributed by atoms with Crippen LogP contribution in [0.2, 0.25) is 5.02 Å². The Kier molecular flexibility index (Phi) is 5.40. The van der Waals surface area contributed by atoms with E-state index in [1.165, 1.54) is 4.90 Å². The summed E-state index contributed by atoms with van der Waals surface area (Å²) in [6.07, 6.45) is 1.62. The fourth-order valence-corrected chi connectivity index (χ4v) is 7.10. The molecule has 8 rings (SSSR count). The Balaban J connectivity index is 1.42. The molecule has 0 unspecified atom stereocenters. The molecular formula is C32H23ClN4O3. The number of benzene rings is 4. The number of halogens is 1. The Morgan fingerprint density at radius 2 is 1.45 bits per heavy atom. The van der Waals surface area contributed by atoms with Crippen molar-refractivity contribution in [3.8, 4) is 0 Å². The van der Waals surface area contributed by atoms with Crippen molar-refractivity contribution in [2.24, 2.45) is 16.9 Å². The van der Waals surface area contributed by atoms with E-state index in [2.05, 4.69) is 10.5 Å². The van der Waals surface area contributed by atoms with Gasteiger partial charge in [0.1, 0.15) is 0 Å². The number of nitrogens with two attached hydrogens (primary N) is 1. The van der Waals surface area contributed by atoms with Gasteiger partial charge in [-0.2, -0.15) is 5.10 Å². The minimum Gasteiger partial charge on any atom is -0.398 e. The summed E-state index contributed by atoms with van der Waals surface area (Å²) in [5, 5.41) is 4.74. The number of para-hydroxylation sites is 2. The van der Waals surface area contributed by atoms with E-state index in [0.717, 1.165) is 22.3 Å². The van der Waals surface area contributed by atoms with Crippen molar-refractivity contribution in [1.82, 2.24) is 5.43 Å². The van der Waals surface area contributed by atoms with Crippen LogP contribution in [0.3, 0.4) is 0 Å². The number of hydrazone groups is 1. The van der Waals surface area contributed by atoms with Crippen LogP contribution < -0.4 is 16.1 Å². The first-order valence-electron chi connectivity index (χ1n) is 13.0. The Morgan fingerprint density at radius 1 is 0.850 bits per heavy atom.